The van der Waals surface area contributed by atoms with Crippen LogP contribution < -0.4 is 5.32 Å². The summed E-state index contributed by atoms with van der Waals surface area (Å²) in [5.74, 6) is 0.744. The van der Waals surface area contributed by atoms with E-state index in [1.165, 1.54) is 0 Å². The quantitative estimate of drug-likeness (QED) is 0.841. The predicted octanol–water partition coefficient (Wildman–Crippen LogP) is 1.74. The Hall–Kier alpha value is -1.49. The molecule has 5 heteroatoms. The number of hydrogen-bond acceptors (Lipinski definition) is 5. The van der Waals surface area contributed by atoms with Crippen LogP contribution in [0, 0.1) is 13.8 Å². The Morgan fingerprint density at radius 2 is 2.00 bits per heavy atom. The first kappa shape index (κ1) is 13.9. The number of nitrogens with zero attached hydrogens (tertiary/aromatic N) is 2. The summed E-state index contributed by atoms with van der Waals surface area (Å²) in [6.07, 6.45) is 2.00. The van der Waals surface area contributed by atoms with Crippen LogP contribution in [0.25, 0.3) is 0 Å². The van der Waals surface area contributed by atoms with Gasteiger partial charge in [-0.25, -0.2) is 14.8 Å². The van der Waals surface area contributed by atoms with Crippen molar-refractivity contribution in [2.24, 2.45) is 0 Å². The third-order valence-electron chi connectivity index (χ3n) is 3.44. The molecule has 1 aromatic heterocycles. The first-order valence-electron chi connectivity index (χ1n) is 6.86. The van der Waals surface area contributed by atoms with E-state index in [0.717, 1.165) is 43.1 Å². The largest absolute Gasteiger partial charge is 0.462 e. The van der Waals surface area contributed by atoms with Gasteiger partial charge in [-0.05, 0) is 46.7 Å². The average molecular weight is 263 g/mol. The van der Waals surface area contributed by atoms with Crippen LogP contribution in [0.3, 0.4) is 0 Å². The van der Waals surface area contributed by atoms with Crippen molar-refractivity contribution in [3.8, 4) is 0 Å². The number of piperidine rings is 1. The Bertz CT molecular complexity index is 468. The van der Waals surface area contributed by atoms with E-state index in [-0.39, 0.29) is 5.97 Å². The number of carbonyl (C=O) groups excluding carboxylic acids is 1. The molecule has 0 aliphatic carbocycles. The molecule has 0 aromatic carbocycles. The Kier molecular flexibility index (Phi) is 4.47. The van der Waals surface area contributed by atoms with E-state index in [0.29, 0.717) is 18.1 Å². The molecule has 0 unspecified atom stereocenters. The molecular weight excluding hydrogens is 242 g/mol. The Labute approximate surface area is 113 Å². The molecule has 104 valence electrons. The topological polar surface area (TPSA) is 64.1 Å². The van der Waals surface area contributed by atoms with Gasteiger partial charge in [-0.2, -0.15) is 0 Å². The molecule has 0 amide bonds. The fourth-order valence-electron chi connectivity index (χ4n) is 2.59. The summed E-state index contributed by atoms with van der Waals surface area (Å²) >= 11 is 0. The number of hydrogen-bond donors (Lipinski definition) is 1. The Morgan fingerprint density at radius 3 is 2.63 bits per heavy atom. The molecule has 5 nitrogen and oxygen atoms in total. The van der Waals surface area contributed by atoms with Crippen molar-refractivity contribution < 1.29 is 9.53 Å². The summed E-state index contributed by atoms with van der Waals surface area (Å²) in [6, 6.07) is 0. The molecule has 0 spiro atoms. The highest BCUT2D eigenvalue weighted by Crippen LogP contribution is 2.28. The van der Waals surface area contributed by atoms with Crippen molar-refractivity contribution in [2.75, 3.05) is 19.7 Å². The normalized spacial score (nSPS) is 16.4. The van der Waals surface area contributed by atoms with Crippen LogP contribution in [0.4, 0.5) is 0 Å². The fraction of sp³-hybridized carbons (Fsp3) is 0.643. The molecule has 0 radical (unpaired) electrons. The lowest BCUT2D eigenvalue weighted by Gasteiger charge is -2.24. The Morgan fingerprint density at radius 1 is 1.32 bits per heavy atom. The molecule has 1 fully saturated rings. The van der Waals surface area contributed by atoms with Gasteiger partial charge in [0.1, 0.15) is 11.4 Å². The van der Waals surface area contributed by atoms with Crippen LogP contribution >= 0.6 is 0 Å². The molecule has 0 saturated carbocycles. The van der Waals surface area contributed by atoms with Gasteiger partial charge in [0.15, 0.2) is 0 Å². The maximum absolute atomic E-state index is 12.1. The predicted molar refractivity (Wildman–Crippen MR) is 72.3 cm³/mol. The van der Waals surface area contributed by atoms with Crippen molar-refractivity contribution in [2.45, 2.75) is 39.5 Å². The number of carbonyl (C=O) groups is 1. The Balaban J connectivity index is 2.41. The number of ether oxygens (including phenoxy) is 1. The van der Waals surface area contributed by atoms with Crippen LogP contribution in [0.1, 0.15) is 53.3 Å². The zero-order valence-electron chi connectivity index (χ0n) is 11.8. The third kappa shape index (κ3) is 3.10. The first-order valence-corrected chi connectivity index (χ1v) is 6.86. The molecule has 1 N–H and O–H groups in total. The summed E-state index contributed by atoms with van der Waals surface area (Å²) < 4.78 is 5.15. The minimum absolute atomic E-state index is 0.298. The van der Waals surface area contributed by atoms with Crippen LogP contribution in [-0.4, -0.2) is 35.6 Å². The minimum atomic E-state index is -0.298. The van der Waals surface area contributed by atoms with E-state index in [1.54, 1.807) is 0 Å². The van der Waals surface area contributed by atoms with E-state index < -0.39 is 0 Å². The highest BCUT2D eigenvalue weighted by Gasteiger charge is 2.26. The van der Waals surface area contributed by atoms with Gasteiger partial charge < -0.3 is 10.1 Å². The maximum Gasteiger partial charge on any atom is 0.341 e. The van der Waals surface area contributed by atoms with Crippen LogP contribution in [0.15, 0.2) is 0 Å². The number of aromatic nitrogens is 2. The fourth-order valence-corrected chi connectivity index (χ4v) is 2.59. The first-order chi connectivity index (χ1) is 9.13. The molecule has 1 saturated heterocycles. The molecule has 1 aliphatic heterocycles. The van der Waals surface area contributed by atoms with Crippen molar-refractivity contribution in [1.82, 2.24) is 15.3 Å². The van der Waals surface area contributed by atoms with Gasteiger partial charge in [0.25, 0.3) is 0 Å². The summed E-state index contributed by atoms with van der Waals surface area (Å²) in [7, 11) is 0. The van der Waals surface area contributed by atoms with Gasteiger partial charge >= 0.3 is 5.97 Å². The van der Waals surface area contributed by atoms with Crippen molar-refractivity contribution in [3.63, 3.8) is 0 Å². The molecule has 19 heavy (non-hydrogen) atoms. The average Bonchev–Trinajstić information content (AvgIpc) is 2.39. The SMILES string of the molecule is CCOC(=O)c1c(C)nc(C)nc1C1CCNCC1. The summed E-state index contributed by atoms with van der Waals surface area (Å²) in [4.78, 5) is 20.9. The maximum atomic E-state index is 12.1. The van der Waals surface area contributed by atoms with Gasteiger partial charge in [0.2, 0.25) is 0 Å². The van der Waals surface area contributed by atoms with E-state index in [4.69, 9.17) is 4.74 Å². The number of aryl methyl sites for hydroxylation is 2. The molecule has 1 aliphatic rings. The van der Waals surface area contributed by atoms with E-state index in [9.17, 15) is 4.79 Å². The second-order valence-corrected chi connectivity index (χ2v) is 4.86. The summed E-state index contributed by atoms with van der Waals surface area (Å²) in [5, 5.41) is 3.33. The molecular formula is C14H21N3O2. The van der Waals surface area contributed by atoms with Gasteiger partial charge in [-0.3, -0.25) is 0 Å². The molecule has 2 heterocycles. The highest BCUT2D eigenvalue weighted by atomic mass is 16.5. The van der Waals surface area contributed by atoms with E-state index >= 15 is 0 Å². The highest BCUT2D eigenvalue weighted by molar-refractivity contribution is 5.92. The number of rotatable bonds is 3. The smallest absolute Gasteiger partial charge is 0.341 e. The standard InChI is InChI=1S/C14H21N3O2/c1-4-19-14(18)12-9(2)16-10(3)17-13(12)11-5-7-15-8-6-11/h11,15H,4-8H2,1-3H3. The number of esters is 1. The van der Waals surface area contributed by atoms with Crippen molar-refractivity contribution in [3.05, 3.63) is 22.8 Å². The van der Waals surface area contributed by atoms with Gasteiger partial charge in [-0.1, -0.05) is 0 Å². The molecule has 0 bridgehead atoms. The van der Waals surface area contributed by atoms with Crippen LogP contribution in [-0.2, 0) is 4.74 Å². The molecule has 1 aromatic rings. The van der Waals surface area contributed by atoms with Crippen LogP contribution in [0.2, 0.25) is 0 Å². The zero-order chi connectivity index (χ0) is 13.8. The molecule has 2 rings (SSSR count). The lowest BCUT2D eigenvalue weighted by atomic mass is 9.90. The lowest BCUT2D eigenvalue weighted by Crippen LogP contribution is -2.29. The monoisotopic (exact) mass is 263 g/mol. The van der Waals surface area contributed by atoms with Gasteiger partial charge in [0, 0.05) is 5.92 Å². The lowest BCUT2D eigenvalue weighted by molar-refractivity contribution is 0.0522. The zero-order valence-corrected chi connectivity index (χ0v) is 11.8. The van der Waals surface area contributed by atoms with Crippen molar-refractivity contribution in [1.29, 1.82) is 0 Å². The van der Waals surface area contributed by atoms with Crippen molar-refractivity contribution >= 4 is 5.97 Å². The van der Waals surface area contributed by atoms with Gasteiger partial charge in [-0.15, -0.1) is 0 Å². The third-order valence-corrected chi connectivity index (χ3v) is 3.44. The number of nitrogens with one attached hydrogen (secondary N) is 1. The van der Waals surface area contributed by atoms with Gasteiger partial charge in [0.05, 0.1) is 18.0 Å². The second kappa shape index (κ2) is 6.10. The minimum Gasteiger partial charge on any atom is -0.462 e. The molecule has 0 atom stereocenters. The summed E-state index contributed by atoms with van der Waals surface area (Å²) in [5.41, 5.74) is 2.16. The van der Waals surface area contributed by atoms with E-state index in [1.807, 2.05) is 20.8 Å². The van der Waals surface area contributed by atoms with Crippen LogP contribution in [0.5, 0.6) is 0 Å². The van der Waals surface area contributed by atoms with E-state index in [2.05, 4.69) is 15.3 Å². The summed E-state index contributed by atoms with van der Waals surface area (Å²) in [6.45, 7) is 7.84. The second-order valence-electron chi connectivity index (χ2n) is 4.86.